The first-order chi connectivity index (χ1) is 9.67. The van der Waals surface area contributed by atoms with E-state index in [0.717, 1.165) is 19.5 Å². The number of rotatable bonds is 5. The zero-order valence-corrected chi connectivity index (χ0v) is 12.1. The molecule has 108 valence electrons. The second-order valence-corrected chi connectivity index (χ2v) is 5.10. The predicted molar refractivity (Wildman–Crippen MR) is 77.0 cm³/mol. The summed E-state index contributed by atoms with van der Waals surface area (Å²) in [4.78, 5) is 26.2. The van der Waals surface area contributed by atoms with Crippen LogP contribution in [0.2, 0.25) is 0 Å². The van der Waals surface area contributed by atoms with Gasteiger partial charge in [-0.15, -0.1) is 0 Å². The zero-order chi connectivity index (χ0) is 14.5. The molecule has 1 aromatic rings. The molecule has 0 spiro atoms. The van der Waals surface area contributed by atoms with Gasteiger partial charge in [0, 0.05) is 5.56 Å². The average Bonchev–Trinajstić information content (AvgIpc) is 3.01. The summed E-state index contributed by atoms with van der Waals surface area (Å²) in [7, 11) is 1.35. The van der Waals surface area contributed by atoms with Crippen molar-refractivity contribution < 1.29 is 14.3 Å². The maximum absolute atomic E-state index is 12.6. The van der Waals surface area contributed by atoms with E-state index in [1.807, 2.05) is 6.92 Å². The molecule has 1 fully saturated rings. The fourth-order valence-electron chi connectivity index (χ4n) is 2.74. The molecular formula is C16H21NO3. The second-order valence-electron chi connectivity index (χ2n) is 5.10. The molecule has 20 heavy (non-hydrogen) atoms. The van der Waals surface area contributed by atoms with Crippen molar-refractivity contribution in [2.45, 2.75) is 32.2 Å². The highest BCUT2D eigenvalue weighted by atomic mass is 16.5. The topological polar surface area (TPSA) is 46.6 Å². The van der Waals surface area contributed by atoms with E-state index in [2.05, 4.69) is 9.64 Å². The highest BCUT2D eigenvalue weighted by Crippen LogP contribution is 2.18. The molecule has 0 bridgehead atoms. The number of methoxy groups -OCH3 is 1. The minimum absolute atomic E-state index is 0.0403. The van der Waals surface area contributed by atoms with Crippen molar-refractivity contribution in [1.82, 2.24) is 4.90 Å². The maximum Gasteiger partial charge on any atom is 0.337 e. The van der Waals surface area contributed by atoms with E-state index in [-0.39, 0.29) is 17.8 Å². The van der Waals surface area contributed by atoms with Gasteiger partial charge in [0.2, 0.25) is 0 Å². The van der Waals surface area contributed by atoms with E-state index >= 15 is 0 Å². The lowest BCUT2D eigenvalue weighted by molar-refractivity contribution is 0.0600. The lowest BCUT2D eigenvalue weighted by Gasteiger charge is -2.25. The van der Waals surface area contributed by atoms with Gasteiger partial charge in [0.1, 0.15) is 0 Å². The minimum atomic E-state index is -0.379. The first kappa shape index (κ1) is 14.7. The first-order valence-corrected chi connectivity index (χ1v) is 7.14. The number of hydrogen-bond donors (Lipinski definition) is 0. The van der Waals surface area contributed by atoms with Crippen molar-refractivity contribution in [1.29, 1.82) is 0 Å². The number of ketones is 1. The van der Waals surface area contributed by atoms with Crippen LogP contribution in [0.4, 0.5) is 0 Å². The van der Waals surface area contributed by atoms with Gasteiger partial charge >= 0.3 is 5.97 Å². The Hall–Kier alpha value is -1.68. The lowest BCUT2D eigenvalue weighted by atomic mass is 10.00. The molecule has 4 nitrogen and oxygen atoms in total. The maximum atomic E-state index is 12.6. The van der Waals surface area contributed by atoms with Crippen molar-refractivity contribution in [3.63, 3.8) is 0 Å². The molecule has 4 heteroatoms. The predicted octanol–water partition coefficient (Wildman–Crippen LogP) is 2.53. The Kier molecular flexibility index (Phi) is 4.90. The summed E-state index contributed by atoms with van der Waals surface area (Å²) in [5.41, 5.74) is 1.13. The van der Waals surface area contributed by atoms with E-state index in [9.17, 15) is 9.59 Å². The summed E-state index contributed by atoms with van der Waals surface area (Å²) in [6.45, 7) is 4.05. The number of benzene rings is 1. The molecule has 1 saturated heterocycles. The molecule has 1 aliphatic heterocycles. The Labute approximate surface area is 119 Å². The minimum Gasteiger partial charge on any atom is -0.465 e. The SMILES string of the molecule is CCC(C(=O)c1ccc(C(=O)OC)cc1)N1CCCC1. The normalized spacial score (nSPS) is 16.9. The van der Waals surface area contributed by atoms with Crippen molar-refractivity contribution in [3.8, 4) is 0 Å². The van der Waals surface area contributed by atoms with Crippen LogP contribution in [0.1, 0.15) is 46.9 Å². The fraction of sp³-hybridized carbons (Fsp3) is 0.500. The zero-order valence-electron chi connectivity index (χ0n) is 12.1. The van der Waals surface area contributed by atoms with Crippen LogP contribution in [0.3, 0.4) is 0 Å². The monoisotopic (exact) mass is 275 g/mol. The largest absolute Gasteiger partial charge is 0.465 e. The van der Waals surface area contributed by atoms with Gasteiger partial charge in [-0.25, -0.2) is 4.79 Å². The van der Waals surface area contributed by atoms with Gasteiger partial charge in [0.05, 0.1) is 18.7 Å². The molecule has 0 aromatic heterocycles. The highest BCUT2D eigenvalue weighted by molar-refractivity contribution is 6.01. The molecule has 0 amide bonds. The highest BCUT2D eigenvalue weighted by Gasteiger charge is 2.27. The summed E-state index contributed by atoms with van der Waals surface area (Å²) in [6, 6.07) is 6.69. The third-order valence-electron chi connectivity index (χ3n) is 3.86. The van der Waals surface area contributed by atoms with Crippen molar-refractivity contribution in [3.05, 3.63) is 35.4 Å². The Bertz CT molecular complexity index is 475. The molecule has 0 N–H and O–H groups in total. The summed E-state index contributed by atoms with van der Waals surface area (Å²) < 4.78 is 4.65. The van der Waals surface area contributed by atoms with E-state index in [1.54, 1.807) is 24.3 Å². The number of ether oxygens (including phenoxy) is 1. The molecule has 1 aliphatic rings. The van der Waals surface area contributed by atoms with E-state index < -0.39 is 0 Å². The first-order valence-electron chi connectivity index (χ1n) is 7.14. The molecule has 2 rings (SSSR count). The molecule has 1 heterocycles. The number of hydrogen-bond acceptors (Lipinski definition) is 4. The Morgan fingerprint density at radius 3 is 2.20 bits per heavy atom. The van der Waals surface area contributed by atoms with Crippen LogP contribution in [-0.4, -0.2) is 42.9 Å². The van der Waals surface area contributed by atoms with Crippen molar-refractivity contribution in [2.75, 3.05) is 20.2 Å². The molecule has 1 unspecified atom stereocenters. The number of Topliss-reactive ketones (excluding diaryl/α,β-unsaturated/α-hetero) is 1. The van der Waals surface area contributed by atoms with E-state index in [1.165, 1.54) is 20.0 Å². The standard InChI is InChI=1S/C16H21NO3/c1-3-14(17-10-4-5-11-17)15(18)12-6-8-13(9-7-12)16(19)20-2/h6-9,14H,3-5,10-11H2,1-2H3. The van der Waals surface area contributed by atoms with Crippen LogP contribution in [0.25, 0.3) is 0 Å². The summed E-state index contributed by atoms with van der Waals surface area (Å²) >= 11 is 0. The fourth-order valence-corrected chi connectivity index (χ4v) is 2.74. The molecule has 1 aromatic carbocycles. The number of carbonyl (C=O) groups excluding carboxylic acids is 2. The summed E-state index contributed by atoms with van der Waals surface area (Å²) in [6.07, 6.45) is 3.16. The van der Waals surface area contributed by atoms with Crippen molar-refractivity contribution in [2.24, 2.45) is 0 Å². The van der Waals surface area contributed by atoms with Crippen LogP contribution < -0.4 is 0 Å². The molecule has 0 saturated carbocycles. The summed E-state index contributed by atoms with van der Waals surface area (Å²) in [5, 5.41) is 0. The Morgan fingerprint density at radius 1 is 1.15 bits per heavy atom. The van der Waals surface area contributed by atoms with Gasteiger partial charge in [-0.3, -0.25) is 9.69 Å². The van der Waals surface area contributed by atoms with Gasteiger partial charge in [-0.05, 0) is 44.5 Å². The van der Waals surface area contributed by atoms with E-state index in [0.29, 0.717) is 11.1 Å². The average molecular weight is 275 g/mol. The Balaban J connectivity index is 2.13. The third kappa shape index (κ3) is 3.07. The smallest absolute Gasteiger partial charge is 0.337 e. The Morgan fingerprint density at radius 2 is 1.70 bits per heavy atom. The van der Waals surface area contributed by atoms with Gasteiger partial charge < -0.3 is 4.74 Å². The van der Waals surface area contributed by atoms with Gasteiger partial charge in [-0.1, -0.05) is 19.1 Å². The number of nitrogens with zero attached hydrogens (tertiary/aromatic N) is 1. The van der Waals surface area contributed by atoms with E-state index in [4.69, 9.17) is 0 Å². The molecule has 0 aliphatic carbocycles. The third-order valence-corrected chi connectivity index (χ3v) is 3.86. The number of likely N-dealkylation sites (tertiary alicyclic amines) is 1. The molecule has 0 radical (unpaired) electrons. The quantitative estimate of drug-likeness (QED) is 0.612. The van der Waals surface area contributed by atoms with Gasteiger partial charge in [0.25, 0.3) is 0 Å². The van der Waals surface area contributed by atoms with Crippen LogP contribution in [0.5, 0.6) is 0 Å². The van der Waals surface area contributed by atoms with Crippen LogP contribution in [0.15, 0.2) is 24.3 Å². The molecule has 1 atom stereocenters. The summed E-state index contributed by atoms with van der Waals surface area (Å²) in [5.74, 6) is -0.235. The number of carbonyl (C=O) groups is 2. The van der Waals surface area contributed by atoms with Crippen molar-refractivity contribution >= 4 is 11.8 Å². The second kappa shape index (κ2) is 6.66. The van der Waals surface area contributed by atoms with Gasteiger partial charge in [-0.2, -0.15) is 0 Å². The van der Waals surface area contributed by atoms with Crippen LogP contribution in [0, 0.1) is 0 Å². The number of esters is 1. The van der Waals surface area contributed by atoms with Crippen LogP contribution >= 0.6 is 0 Å². The lowest BCUT2D eigenvalue weighted by Crippen LogP contribution is -2.38. The molecular weight excluding hydrogens is 254 g/mol. The van der Waals surface area contributed by atoms with Crippen LogP contribution in [-0.2, 0) is 4.74 Å². The van der Waals surface area contributed by atoms with Gasteiger partial charge in [0.15, 0.2) is 5.78 Å².